The van der Waals surface area contributed by atoms with Crippen LogP contribution < -0.4 is 10.6 Å². The number of aryl methyl sites for hydroxylation is 1. The Morgan fingerprint density at radius 2 is 1.94 bits per heavy atom. The molecule has 1 aromatic rings. The number of piperidine rings is 1. The van der Waals surface area contributed by atoms with Gasteiger partial charge in [0, 0.05) is 18.8 Å². The van der Waals surface area contributed by atoms with Gasteiger partial charge in [-0.05, 0) is 56.3 Å². The second-order valence-electron chi connectivity index (χ2n) is 4.61. The molecule has 16 heavy (non-hydrogen) atoms. The van der Waals surface area contributed by atoms with Gasteiger partial charge >= 0.3 is 0 Å². The summed E-state index contributed by atoms with van der Waals surface area (Å²) >= 11 is 0. The lowest BCUT2D eigenvalue weighted by Crippen LogP contribution is -2.29. The van der Waals surface area contributed by atoms with Crippen LogP contribution in [0.2, 0.25) is 0 Å². The molecule has 1 aliphatic rings. The van der Waals surface area contributed by atoms with E-state index in [0.717, 1.165) is 19.4 Å². The van der Waals surface area contributed by atoms with Gasteiger partial charge in [0.1, 0.15) is 0 Å². The lowest BCUT2D eigenvalue weighted by Gasteiger charge is -2.29. The van der Waals surface area contributed by atoms with Crippen LogP contribution in [0.15, 0.2) is 24.3 Å². The molecule has 0 unspecified atom stereocenters. The molecule has 88 valence electrons. The fourth-order valence-corrected chi connectivity index (χ4v) is 2.37. The molecular formula is C14H22N2. The molecule has 2 nitrogen and oxygen atoms in total. The summed E-state index contributed by atoms with van der Waals surface area (Å²) in [5, 5.41) is 0. The van der Waals surface area contributed by atoms with Crippen molar-refractivity contribution in [1.29, 1.82) is 0 Å². The predicted octanol–water partition coefficient (Wildman–Crippen LogP) is 2.57. The lowest BCUT2D eigenvalue weighted by molar-refractivity contribution is 0.577. The summed E-state index contributed by atoms with van der Waals surface area (Å²) in [5.41, 5.74) is 8.37. The average molecular weight is 218 g/mol. The van der Waals surface area contributed by atoms with Crippen molar-refractivity contribution >= 4 is 5.69 Å². The van der Waals surface area contributed by atoms with E-state index in [4.69, 9.17) is 5.73 Å². The Morgan fingerprint density at radius 1 is 1.12 bits per heavy atom. The van der Waals surface area contributed by atoms with Gasteiger partial charge in [-0.15, -0.1) is 0 Å². The van der Waals surface area contributed by atoms with Gasteiger partial charge in [0.25, 0.3) is 0 Å². The topological polar surface area (TPSA) is 29.3 Å². The number of hydrogen-bond acceptors (Lipinski definition) is 2. The van der Waals surface area contributed by atoms with E-state index < -0.39 is 0 Å². The first kappa shape index (κ1) is 11.5. The number of anilines is 1. The number of benzene rings is 1. The van der Waals surface area contributed by atoms with Gasteiger partial charge in [0.05, 0.1) is 0 Å². The van der Waals surface area contributed by atoms with Crippen LogP contribution >= 0.6 is 0 Å². The van der Waals surface area contributed by atoms with Crippen LogP contribution in [0.5, 0.6) is 0 Å². The summed E-state index contributed by atoms with van der Waals surface area (Å²) in [6, 6.07) is 8.96. The molecule has 1 aliphatic heterocycles. The molecule has 0 aliphatic carbocycles. The van der Waals surface area contributed by atoms with Crippen LogP contribution in [0.4, 0.5) is 5.69 Å². The van der Waals surface area contributed by atoms with Gasteiger partial charge in [0.15, 0.2) is 0 Å². The summed E-state index contributed by atoms with van der Waals surface area (Å²) in [7, 11) is 0. The minimum absolute atomic E-state index is 0.786. The van der Waals surface area contributed by atoms with Crippen molar-refractivity contribution in [1.82, 2.24) is 0 Å². The molecular weight excluding hydrogens is 196 g/mol. The molecule has 0 amide bonds. The van der Waals surface area contributed by atoms with Crippen molar-refractivity contribution in [3.63, 3.8) is 0 Å². The highest BCUT2D eigenvalue weighted by Crippen LogP contribution is 2.21. The third-order valence-corrected chi connectivity index (χ3v) is 3.30. The van der Waals surface area contributed by atoms with Crippen molar-refractivity contribution in [2.45, 2.75) is 32.1 Å². The van der Waals surface area contributed by atoms with Gasteiger partial charge < -0.3 is 10.6 Å². The Labute approximate surface area is 98.4 Å². The maximum Gasteiger partial charge on any atom is 0.0368 e. The van der Waals surface area contributed by atoms with E-state index in [1.807, 2.05) is 0 Å². The van der Waals surface area contributed by atoms with Crippen molar-refractivity contribution in [3.8, 4) is 0 Å². The highest BCUT2D eigenvalue weighted by molar-refractivity contribution is 5.48. The van der Waals surface area contributed by atoms with Gasteiger partial charge in [-0.25, -0.2) is 0 Å². The monoisotopic (exact) mass is 218 g/mol. The van der Waals surface area contributed by atoms with Crippen LogP contribution in [0.25, 0.3) is 0 Å². The van der Waals surface area contributed by atoms with Crippen molar-refractivity contribution < 1.29 is 0 Å². The van der Waals surface area contributed by atoms with Gasteiger partial charge in [-0.2, -0.15) is 0 Å². The average Bonchev–Trinajstić information content (AvgIpc) is 2.38. The largest absolute Gasteiger partial charge is 0.372 e. The van der Waals surface area contributed by atoms with Gasteiger partial charge in [-0.3, -0.25) is 0 Å². The fraction of sp³-hybridized carbons (Fsp3) is 0.571. The molecule has 0 saturated carbocycles. The van der Waals surface area contributed by atoms with E-state index in [9.17, 15) is 0 Å². The zero-order chi connectivity index (χ0) is 11.2. The standard InChI is InChI=1S/C14H22N2/c15-9-5-7-13-6-4-8-14(12-13)16-10-2-1-3-11-16/h4,6,8,12H,1-3,5,7,9-11,15H2. The molecule has 2 N–H and O–H groups in total. The van der Waals surface area contributed by atoms with Crippen molar-refractivity contribution in [3.05, 3.63) is 29.8 Å². The number of nitrogens with zero attached hydrogens (tertiary/aromatic N) is 1. The smallest absolute Gasteiger partial charge is 0.0368 e. The molecule has 0 bridgehead atoms. The molecule has 0 aromatic heterocycles. The maximum absolute atomic E-state index is 5.55. The zero-order valence-electron chi connectivity index (χ0n) is 9.99. The van der Waals surface area contributed by atoms with Gasteiger partial charge in [-0.1, -0.05) is 12.1 Å². The second kappa shape index (κ2) is 5.90. The van der Waals surface area contributed by atoms with Gasteiger partial charge in [0.2, 0.25) is 0 Å². The molecule has 0 spiro atoms. The third-order valence-electron chi connectivity index (χ3n) is 3.30. The Balaban J connectivity index is 2.02. The van der Waals surface area contributed by atoms with E-state index in [1.165, 1.54) is 43.6 Å². The first-order valence-electron chi connectivity index (χ1n) is 6.44. The molecule has 2 rings (SSSR count). The molecule has 0 radical (unpaired) electrons. The van der Waals surface area contributed by atoms with Crippen LogP contribution in [0.3, 0.4) is 0 Å². The molecule has 2 heteroatoms. The normalized spacial score (nSPS) is 16.4. The van der Waals surface area contributed by atoms with Crippen LogP contribution in [0.1, 0.15) is 31.2 Å². The fourth-order valence-electron chi connectivity index (χ4n) is 2.37. The van der Waals surface area contributed by atoms with Crippen LogP contribution in [-0.2, 0) is 6.42 Å². The first-order valence-corrected chi connectivity index (χ1v) is 6.44. The number of nitrogens with two attached hydrogens (primary N) is 1. The Bertz CT molecular complexity index is 316. The quantitative estimate of drug-likeness (QED) is 0.841. The summed E-state index contributed by atoms with van der Waals surface area (Å²) in [4.78, 5) is 2.51. The van der Waals surface area contributed by atoms with Crippen molar-refractivity contribution in [2.75, 3.05) is 24.5 Å². The summed E-state index contributed by atoms with van der Waals surface area (Å²) < 4.78 is 0. The zero-order valence-corrected chi connectivity index (χ0v) is 9.99. The highest BCUT2D eigenvalue weighted by atomic mass is 15.1. The summed E-state index contributed by atoms with van der Waals surface area (Å²) in [5.74, 6) is 0. The summed E-state index contributed by atoms with van der Waals surface area (Å²) in [6.07, 6.45) is 6.27. The number of hydrogen-bond donors (Lipinski definition) is 1. The number of rotatable bonds is 4. The minimum atomic E-state index is 0.786. The van der Waals surface area contributed by atoms with E-state index in [-0.39, 0.29) is 0 Å². The molecule has 1 fully saturated rings. The maximum atomic E-state index is 5.55. The van der Waals surface area contributed by atoms with E-state index in [1.54, 1.807) is 0 Å². The lowest BCUT2D eigenvalue weighted by atomic mass is 10.1. The third kappa shape index (κ3) is 2.99. The Morgan fingerprint density at radius 3 is 2.69 bits per heavy atom. The Kier molecular flexibility index (Phi) is 4.23. The SMILES string of the molecule is NCCCc1cccc(N2CCCCC2)c1. The van der Waals surface area contributed by atoms with E-state index in [0.29, 0.717) is 0 Å². The highest BCUT2D eigenvalue weighted by Gasteiger charge is 2.10. The summed E-state index contributed by atoms with van der Waals surface area (Å²) in [6.45, 7) is 3.23. The van der Waals surface area contributed by atoms with Crippen LogP contribution in [0, 0.1) is 0 Å². The molecule has 1 heterocycles. The molecule has 1 saturated heterocycles. The first-order chi connectivity index (χ1) is 7.90. The minimum Gasteiger partial charge on any atom is -0.372 e. The van der Waals surface area contributed by atoms with E-state index in [2.05, 4.69) is 29.2 Å². The van der Waals surface area contributed by atoms with E-state index >= 15 is 0 Å². The van der Waals surface area contributed by atoms with Crippen molar-refractivity contribution in [2.24, 2.45) is 5.73 Å². The predicted molar refractivity (Wildman–Crippen MR) is 69.9 cm³/mol. The van der Waals surface area contributed by atoms with Crippen LogP contribution in [-0.4, -0.2) is 19.6 Å². The Hall–Kier alpha value is -1.02. The second-order valence-corrected chi connectivity index (χ2v) is 4.61. The molecule has 1 aromatic carbocycles. The molecule has 0 atom stereocenters.